The van der Waals surface area contributed by atoms with Crippen LogP contribution in [0.1, 0.15) is 0 Å². The van der Waals surface area contributed by atoms with E-state index in [-0.39, 0.29) is 0 Å². The molecule has 84 valence electrons. The van der Waals surface area contributed by atoms with E-state index in [2.05, 4.69) is 25.9 Å². The van der Waals surface area contributed by atoms with Gasteiger partial charge in [-0.15, -0.1) is 0 Å². The van der Waals surface area contributed by atoms with Gasteiger partial charge >= 0.3 is 0 Å². The Kier molecular flexibility index (Phi) is 2.61. The van der Waals surface area contributed by atoms with Gasteiger partial charge in [-0.3, -0.25) is 4.40 Å². The van der Waals surface area contributed by atoms with Crippen molar-refractivity contribution in [1.82, 2.24) is 14.4 Å². The molecule has 0 aliphatic rings. The molecule has 0 unspecified atom stereocenters. The summed E-state index contributed by atoms with van der Waals surface area (Å²) in [5, 5.41) is 0.669. The van der Waals surface area contributed by atoms with Crippen LogP contribution in [0.4, 0.5) is 0 Å². The van der Waals surface area contributed by atoms with E-state index in [0.29, 0.717) is 10.8 Å². The first-order valence-corrected chi connectivity index (χ1v) is 6.16. The van der Waals surface area contributed by atoms with Crippen molar-refractivity contribution in [1.29, 1.82) is 0 Å². The zero-order valence-corrected chi connectivity index (χ0v) is 11.0. The maximum atomic E-state index is 6.19. The van der Waals surface area contributed by atoms with Crippen LogP contribution >= 0.6 is 27.5 Å². The van der Waals surface area contributed by atoms with Crippen LogP contribution in [0.5, 0.6) is 0 Å². The molecule has 3 rings (SSSR count). The van der Waals surface area contributed by atoms with Crippen molar-refractivity contribution in [2.24, 2.45) is 0 Å². The van der Waals surface area contributed by atoms with E-state index in [1.165, 1.54) is 0 Å². The number of aromatic nitrogens is 3. The molecule has 2 heterocycles. The van der Waals surface area contributed by atoms with Crippen molar-refractivity contribution >= 4 is 33.3 Å². The van der Waals surface area contributed by atoms with E-state index >= 15 is 0 Å². The minimum atomic E-state index is 0.668. The van der Waals surface area contributed by atoms with Crippen molar-refractivity contribution in [2.45, 2.75) is 0 Å². The lowest BCUT2D eigenvalue weighted by molar-refractivity contribution is 1.11. The second kappa shape index (κ2) is 4.13. The Morgan fingerprint density at radius 2 is 2.18 bits per heavy atom. The van der Waals surface area contributed by atoms with E-state index in [0.717, 1.165) is 15.7 Å². The van der Waals surface area contributed by atoms with Crippen molar-refractivity contribution in [3.05, 3.63) is 52.4 Å². The number of nitrogens with zero attached hydrogens (tertiary/aromatic N) is 3. The summed E-state index contributed by atoms with van der Waals surface area (Å²) in [5.41, 5.74) is 1.72. The highest BCUT2D eigenvalue weighted by molar-refractivity contribution is 9.10. The highest BCUT2D eigenvalue weighted by Crippen LogP contribution is 2.29. The van der Waals surface area contributed by atoms with Crippen LogP contribution in [-0.2, 0) is 0 Å². The zero-order chi connectivity index (χ0) is 11.8. The first kappa shape index (κ1) is 10.7. The largest absolute Gasteiger partial charge is 0.291 e. The second-order valence-corrected chi connectivity index (χ2v) is 4.90. The standard InChI is InChI=1S/C12H7BrClN3/c13-8-2-3-9(10(14)6-8)11-7-17-5-1-4-15-12(17)16-11/h1-7H. The molecule has 0 atom stereocenters. The molecule has 0 radical (unpaired) electrons. The normalized spacial score (nSPS) is 10.9. The highest BCUT2D eigenvalue weighted by Gasteiger charge is 2.08. The summed E-state index contributed by atoms with van der Waals surface area (Å²) in [6.07, 6.45) is 5.54. The molecule has 0 saturated carbocycles. The smallest absolute Gasteiger partial charge is 0.234 e. The van der Waals surface area contributed by atoms with Crippen LogP contribution in [-0.4, -0.2) is 14.4 Å². The summed E-state index contributed by atoms with van der Waals surface area (Å²) >= 11 is 9.57. The fraction of sp³-hybridized carbons (Fsp3) is 0. The Balaban J connectivity index is 2.20. The molecule has 17 heavy (non-hydrogen) atoms. The molecule has 0 bridgehead atoms. The second-order valence-electron chi connectivity index (χ2n) is 3.58. The lowest BCUT2D eigenvalue weighted by Crippen LogP contribution is -1.83. The minimum Gasteiger partial charge on any atom is -0.291 e. The minimum absolute atomic E-state index is 0.668. The van der Waals surface area contributed by atoms with Gasteiger partial charge in [-0.05, 0) is 18.2 Å². The van der Waals surface area contributed by atoms with E-state index in [1.54, 1.807) is 6.20 Å². The number of imidazole rings is 1. The van der Waals surface area contributed by atoms with Crippen LogP contribution in [0.2, 0.25) is 5.02 Å². The number of hydrogen-bond donors (Lipinski definition) is 0. The predicted molar refractivity (Wildman–Crippen MR) is 71.1 cm³/mol. The Morgan fingerprint density at radius 3 is 2.94 bits per heavy atom. The molecule has 0 saturated heterocycles. The number of hydrogen-bond acceptors (Lipinski definition) is 2. The maximum absolute atomic E-state index is 6.19. The van der Waals surface area contributed by atoms with Gasteiger partial charge in [0, 0.05) is 28.6 Å². The SMILES string of the molecule is Clc1cc(Br)ccc1-c1cn2cccnc2n1. The number of fused-ring (bicyclic) bond motifs is 1. The maximum Gasteiger partial charge on any atom is 0.234 e. The van der Waals surface area contributed by atoms with E-state index in [4.69, 9.17) is 11.6 Å². The topological polar surface area (TPSA) is 30.2 Å². The molecule has 3 aromatic rings. The van der Waals surface area contributed by atoms with E-state index < -0.39 is 0 Å². The molecule has 0 fully saturated rings. The quantitative estimate of drug-likeness (QED) is 0.684. The Hall–Kier alpha value is -1.39. The van der Waals surface area contributed by atoms with Gasteiger partial charge in [0.15, 0.2) is 0 Å². The Bertz CT molecular complexity index is 660. The third kappa shape index (κ3) is 1.94. The van der Waals surface area contributed by atoms with Gasteiger partial charge in [-0.1, -0.05) is 33.6 Å². The van der Waals surface area contributed by atoms with Crippen LogP contribution in [0, 0.1) is 0 Å². The molecule has 1 aromatic carbocycles. The molecule has 0 spiro atoms. The average Bonchev–Trinajstić information content (AvgIpc) is 2.72. The van der Waals surface area contributed by atoms with Gasteiger partial charge in [-0.25, -0.2) is 9.97 Å². The lowest BCUT2D eigenvalue weighted by Gasteiger charge is -2.00. The van der Waals surface area contributed by atoms with Gasteiger partial charge in [0.2, 0.25) is 5.78 Å². The summed E-state index contributed by atoms with van der Waals surface area (Å²) < 4.78 is 2.82. The number of rotatable bonds is 1. The van der Waals surface area contributed by atoms with Gasteiger partial charge in [-0.2, -0.15) is 0 Å². The molecule has 3 nitrogen and oxygen atoms in total. The van der Waals surface area contributed by atoms with Crippen molar-refractivity contribution in [2.75, 3.05) is 0 Å². The Labute approximate surface area is 111 Å². The molecular formula is C12H7BrClN3. The van der Waals surface area contributed by atoms with Gasteiger partial charge in [0.1, 0.15) is 0 Å². The van der Waals surface area contributed by atoms with Gasteiger partial charge < -0.3 is 0 Å². The Morgan fingerprint density at radius 1 is 1.29 bits per heavy atom. The molecule has 5 heteroatoms. The molecule has 0 aliphatic carbocycles. The summed E-state index contributed by atoms with van der Waals surface area (Å²) in [6.45, 7) is 0. The van der Waals surface area contributed by atoms with Crippen LogP contribution in [0.25, 0.3) is 17.0 Å². The van der Waals surface area contributed by atoms with Gasteiger partial charge in [0.05, 0.1) is 10.7 Å². The van der Waals surface area contributed by atoms with Crippen LogP contribution < -0.4 is 0 Å². The molecule has 0 aliphatic heterocycles. The monoisotopic (exact) mass is 307 g/mol. The van der Waals surface area contributed by atoms with E-state index in [1.807, 2.05) is 41.1 Å². The predicted octanol–water partition coefficient (Wildman–Crippen LogP) is 3.81. The van der Waals surface area contributed by atoms with Crippen LogP contribution in [0.3, 0.4) is 0 Å². The number of benzene rings is 1. The summed E-state index contributed by atoms with van der Waals surface area (Å²) in [5.74, 6) is 0.668. The fourth-order valence-electron chi connectivity index (χ4n) is 1.66. The molecule has 0 N–H and O–H groups in total. The van der Waals surface area contributed by atoms with Crippen molar-refractivity contribution < 1.29 is 0 Å². The summed E-state index contributed by atoms with van der Waals surface area (Å²) in [6, 6.07) is 7.60. The van der Waals surface area contributed by atoms with Crippen LogP contribution in [0.15, 0.2) is 47.3 Å². The molecule has 2 aromatic heterocycles. The third-order valence-electron chi connectivity index (χ3n) is 2.44. The van der Waals surface area contributed by atoms with Gasteiger partial charge in [0.25, 0.3) is 0 Å². The highest BCUT2D eigenvalue weighted by atomic mass is 79.9. The first-order valence-electron chi connectivity index (χ1n) is 4.99. The molecule has 0 amide bonds. The zero-order valence-electron chi connectivity index (χ0n) is 8.64. The van der Waals surface area contributed by atoms with Crippen molar-refractivity contribution in [3.63, 3.8) is 0 Å². The molecular weight excluding hydrogens is 302 g/mol. The lowest BCUT2D eigenvalue weighted by atomic mass is 10.2. The summed E-state index contributed by atoms with van der Waals surface area (Å²) in [4.78, 5) is 8.60. The first-order chi connectivity index (χ1) is 8.24. The van der Waals surface area contributed by atoms with E-state index in [9.17, 15) is 0 Å². The summed E-state index contributed by atoms with van der Waals surface area (Å²) in [7, 11) is 0. The average molecular weight is 309 g/mol. The number of halogens is 2. The fourth-order valence-corrected chi connectivity index (χ4v) is 2.43. The van der Waals surface area contributed by atoms with Crippen molar-refractivity contribution in [3.8, 4) is 11.3 Å². The third-order valence-corrected chi connectivity index (χ3v) is 3.25.